The molecule has 2 amide bonds. The summed E-state index contributed by atoms with van der Waals surface area (Å²) in [5.41, 5.74) is 1.17. The number of rotatable bonds is 10. The Balaban J connectivity index is 1.70. The van der Waals surface area contributed by atoms with Gasteiger partial charge in [-0.2, -0.15) is 0 Å². The fourth-order valence-electron chi connectivity index (χ4n) is 2.45. The zero-order valence-electron chi connectivity index (χ0n) is 18.2. The highest BCUT2D eigenvalue weighted by molar-refractivity contribution is 6.36. The number of carbonyl (C=O) groups is 4. The monoisotopic (exact) mass is 494 g/mol. The summed E-state index contributed by atoms with van der Waals surface area (Å²) in [5, 5.41) is 5.78. The molecule has 0 saturated carbocycles. The molecule has 0 bridgehead atoms. The predicted octanol–water partition coefficient (Wildman–Crippen LogP) is 4.71. The molecule has 2 aromatic carbocycles. The summed E-state index contributed by atoms with van der Waals surface area (Å²) in [4.78, 5) is 47.7. The van der Waals surface area contributed by atoms with Crippen LogP contribution in [0.1, 0.15) is 37.0 Å². The number of anilines is 2. The van der Waals surface area contributed by atoms with Gasteiger partial charge in [0.2, 0.25) is 5.91 Å². The van der Waals surface area contributed by atoms with Gasteiger partial charge >= 0.3 is 11.9 Å². The van der Waals surface area contributed by atoms with Crippen molar-refractivity contribution in [3.63, 3.8) is 0 Å². The van der Waals surface area contributed by atoms with Crippen molar-refractivity contribution in [2.75, 3.05) is 23.8 Å². The SMILES string of the molecule is CC(C)COC(=O)c1ccc(NC(=O)CCC(=O)OCC(=O)Nc2ccc(Cl)cc2Cl)cc1. The number of carbonyl (C=O) groups excluding carboxylic acids is 4. The number of halogens is 2. The van der Waals surface area contributed by atoms with Crippen LogP contribution < -0.4 is 10.6 Å². The third-order valence-electron chi connectivity index (χ3n) is 4.08. The number of hydrogen-bond donors (Lipinski definition) is 2. The van der Waals surface area contributed by atoms with E-state index in [-0.39, 0.29) is 23.8 Å². The lowest BCUT2D eigenvalue weighted by molar-refractivity contribution is -0.147. The third kappa shape index (κ3) is 9.51. The average molecular weight is 495 g/mol. The predicted molar refractivity (Wildman–Crippen MR) is 125 cm³/mol. The lowest BCUT2D eigenvalue weighted by atomic mass is 10.2. The second-order valence-electron chi connectivity index (χ2n) is 7.45. The van der Waals surface area contributed by atoms with E-state index < -0.39 is 30.4 Å². The van der Waals surface area contributed by atoms with E-state index in [1.807, 2.05) is 13.8 Å². The van der Waals surface area contributed by atoms with Gasteiger partial charge in [0.25, 0.3) is 5.91 Å². The summed E-state index contributed by atoms with van der Waals surface area (Å²) in [6.07, 6.45) is -0.345. The van der Waals surface area contributed by atoms with Crippen LogP contribution in [0.3, 0.4) is 0 Å². The third-order valence-corrected chi connectivity index (χ3v) is 4.63. The molecule has 0 aliphatic heterocycles. The minimum atomic E-state index is -0.703. The number of ether oxygens (including phenoxy) is 2. The van der Waals surface area contributed by atoms with Crippen LogP contribution in [0, 0.1) is 5.92 Å². The van der Waals surface area contributed by atoms with Crippen molar-refractivity contribution in [1.82, 2.24) is 0 Å². The lowest BCUT2D eigenvalue weighted by Gasteiger charge is -2.09. The Kier molecular flexibility index (Phi) is 10.2. The zero-order chi connectivity index (χ0) is 24.4. The van der Waals surface area contributed by atoms with Crippen LogP contribution in [0.25, 0.3) is 0 Å². The molecule has 0 aliphatic rings. The number of nitrogens with one attached hydrogen (secondary N) is 2. The molecular formula is C23H24Cl2N2O6. The normalized spacial score (nSPS) is 10.5. The fourth-order valence-corrected chi connectivity index (χ4v) is 2.91. The van der Waals surface area contributed by atoms with Crippen molar-refractivity contribution >= 4 is 58.3 Å². The molecule has 0 heterocycles. The molecule has 0 unspecified atom stereocenters. The van der Waals surface area contributed by atoms with Gasteiger partial charge in [0, 0.05) is 17.1 Å². The van der Waals surface area contributed by atoms with Crippen molar-refractivity contribution < 1.29 is 28.7 Å². The molecule has 10 heteroatoms. The zero-order valence-corrected chi connectivity index (χ0v) is 19.7. The van der Waals surface area contributed by atoms with Crippen molar-refractivity contribution in [3.05, 3.63) is 58.1 Å². The van der Waals surface area contributed by atoms with Gasteiger partial charge in [-0.05, 0) is 48.4 Å². The lowest BCUT2D eigenvalue weighted by Crippen LogP contribution is -2.22. The molecule has 0 spiro atoms. The van der Waals surface area contributed by atoms with E-state index in [0.29, 0.717) is 28.6 Å². The van der Waals surface area contributed by atoms with E-state index in [4.69, 9.17) is 32.7 Å². The van der Waals surface area contributed by atoms with Crippen molar-refractivity contribution in [3.8, 4) is 0 Å². The highest BCUT2D eigenvalue weighted by Gasteiger charge is 2.13. The molecule has 0 aliphatic carbocycles. The maximum absolute atomic E-state index is 12.0. The van der Waals surface area contributed by atoms with Gasteiger partial charge in [0.1, 0.15) is 0 Å². The van der Waals surface area contributed by atoms with E-state index in [2.05, 4.69) is 10.6 Å². The highest BCUT2D eigenvalue weighted by atomic mass is 35.5. The second-order valence-corrected chi connectivity index (χ2v) is 8.29. The molecule has 2 aromatic rings. The first kappa shape index (κ1) is 26.2. The molecule has 8 nitrogen and oxygen atoms in total. The first-order chi connectivity index (χ1) is 15.6. The Bertz CT molecular complexity index is 1010. The maximum atomic E-state index is 12.0. The van der Waals surface area contributed by atoms with Crippen LogP contribution in [-0.2, 0) is 23.9 Å². The van der Waals surface area contributed by atoms with Crippen molar-refractivity contribution in [2.45, 2.75) is 26.7 Å². The first-order valence-corrected chi connectivity index (χ1v) is 10.9. The topological polar surface area (TPSA) is 111 Å². The molecule has 2 rings (SSSR count). The van der Waals surface area contributed by atoms with Gasteiger partial charge in [-0.15, -0.1) is 0 Å². The van der Waals surface area contributed by atoms with Crippen LogP contribution in [0.2, 0.25) is 10.0 Å². The highest BCUT2D eigenvalue weighted by Crippen LogP contribution is 2.25. The Morgan fingerprint density at radius 2 is 1.58 bits per heavy atom. The van der Waals surface area contributed by atoms with Crippen LogP contribution >= 0.6 is 23.2 Å². The second kappa shape index (κ2) is 12.8. The number of hydrogen-bond acceptors (Lipinski definition) is 6. The van der Waals surface area contributed by atoms with E-state index in [0.717, 1.165) is 0 Å². The smallest absolute Gasteiger partial charge is 0.338 e. The van der Waals surface area contributed by atoms with Crippen LogP contribution in [-0.4, -0.2) is 37.0 Å². The summed E-state index contributed by atoms with van der Waals surface area (Å²) < 4.78 is 10.0. The Morgan fingerprint density at radius 1 is 0.879 bits per heavy atom. The largest absolute Gasteiger partial charge is 0.462 e. The van der Waals surface area contributed by atoms with Crippen LogP contribution in [0.5, 0.6) is 0 Å². The van der Waals surface area contributed by atoms with Crippen LogP contribution in [0.15, 0.2) is 42.5 Å². The quantitative estimate of drug-likeness (QED) is 0.462. The van der Waals surface area contributed by atoms with Gasteiger partial charge in [0.15, 0.2) is 6.61 Å². The number of amides is 2. The van der Waals surface area contributed by atoms with E-state index in [1.165, 1.54) is 24.3 Å². The van der Waals surface area contributed by atoms with Gasteiger partial charge in [-0.1, -0.05) is 37.0 Å². The Labute approximate surface area is 201 Å². The Hall–Kier alpha value is -3.10. The van der Waals surface area contributed by atoms with Gasteiger partial charge in [-0.25, -0.2) is 4.79 Å². The molecule has 2 N–H and O–H groups in total. The molecule has 0 fully saturated rings. The average Bonchev–Trinajstić information content (AvgIpc) is 2.77. The van der Waals surface area contributed by atoms with Gasteiger partial charge in [-0.3, -0.25) is 14.4 Å². The first-order valence-electron chi connectivity index (χ1n) is 10.1. The standard InChI is InChI=1S/C23H24Cl2N2O6/c1-14(2)12-33-23(31)15-3-6-17(7-4-15)26-20(28)9-10-22(30)32-13-21(29)27-19-8-5-16(24)11-18(19)25/h3-8,11,14H,9-10,12-13H2,1-2H3,(H,26,28)(H,27,29). The van der Waals surface area contributed by atoms with Crippen molar-refractivity contribution in [2.24, 2.45) is 5.92 Å². The molecule has 0 saturated heterocycles. The van der Waals surface area contributed by atoms with Crippen molar-refractivity contribution in [1.29, 1.82) is 0 Å². The van der Waals surface area contributed by atoms with Gasteiger partial charge < -0.3 is 20.1 Å². The van der Waals surface area contributed by atoms with E-state index in [1.54, 1.807) is 18.2 Å². The van der Waals surface area contributed by atoms with E-state index >= 15 is 0 Å². The summed E-state index contributed by atoms with van der Waals surface area (Å²) >= 11 is 11.8. The summed E-state index contributed by atoms with van der Waals surface area (Å²) in [6.45, 7) is 3.68. The molecule has 0 radical (unpaired) electrons. The molecule has 0 atom stereocenters. The minimum absolute atomic E-state index is 0.137. The molecule has 33 heavy (non-hydrogen) atoms. The molecule has 0 aromatic heterocycles. The molecular weight excluding hydrogens is 471 g/mol. The van der Waals surface area contributed by atoms with Gasteiger partial charge in [0.05, 0.1) is 29.3 Å². The number of esters is 2. The summed E-state index contributed by atoms with van der Waals surface area (Å²) in [5.74, 6) is -1.91. The molecule has 176 valence electrons. The Morgan fingerprint density at radius 3 is 2.21 bits per heavy atom. The summed E-state index contributed by atoms with van der Waals surface area (Å²) in [6, 6.07) is 10.8. The fraction of sp³-hybridized carbons (Fsp3) is 0.304. The summed E-state index contributed by atoms with van der Waals surface area (Å²) in [7, 11) is 0. The maximum Gasteiger partial charge on any atom is 0.338 e. The number of benzene rings is 2. The minimum Gasteiger partial charge on any atom is -0.462 e. The van der Waals surface area contributed by atoms with E-state index in [9.17, 15) is 19.2 Å². The van der Waals surface area contributed by atoms with Crippen LogP contribution in [0.4, 0.5) is 11.4 Å².